The second kappa shape index (κ2) is 4.68. The van der Waals surface area contributed by atoms with Crippen LogP contribution in [0.15, 0.2) is 0 Å². The van der Waals surface area contributed by atoms with Gasteiger partial charge in [-0.05, 0) is 6.42 Å². The molecule has 2 atom stereocenters. The molecule has 70 valence electrons. The molecule has 0 aliphatic carbocycles. The Bertz CT molecular complexity index is 183. The normalized spacial score (nSPS) is 15.2. The molecule has 0 aromatic rings. The van der Waals surface area contributed by atoms with E-state index < -0.39 is 23.8 Å². The molecule has 0 spiro atoms. The molecular formula is C6H13N3O3. The van der Waals surface area contributed by atoms with E-state index in [4.69, 9.17) is 16.7 Å². The summed E-state index contributed by atoms with van der Waals surface area (Å²) in [6, 6.07) is -0.924. The fourth-order valence-electron chi connectivity index (χ4n) is 0.710. The SMILES string of the molecule is C[C@@H](CC(NN)C(=O)O)C(N)=O. The van der Waals surface area contributed by atoms with E-state index in [2.05, 4.69) is 5.43 Å². The predicted octanol–water partition coefficient (Wildman–Crippen LogP) is -1.59. The summed E-state index contributed by atoms with van der Waals surface area (Å²) in [5.74, 6) is 2.82. The van der Waals surface area contributed by atoms with Gasteiger partial charge in [0, 0.05) is 5.92 Å². The van der Waals surface area contributed by atoms with E-state index in [1.54, 1.807) is 6.92 Å². The second-order valence-electron chi connectivity index (χ2n) is 2.60. The van der Waals surface area contributed by atoms with Crippen LogP contribution in [-0.4, -0.2) is 23.0 Å². The maximum absolute atomic E-state index is 10.5. The van der Waals surface area contributed by atoms with Gasteiger partial charge < -0.3 is 10.8 Å². The van der Waals surface area contributed by atoms with E-state index in [1.807, 2.05) is 0 Å². The molecular weight excluding hydrogens is 162 g/mol. The summed E-state index contributed by atoms with van der Waals surface area (Å²) in [5.41, 5.74) is 7.02. The van der Waals surface area contributed by atoms with Crippen molar-refractivity contribution in [3.05, 3.63) is 0 Å². The number of rotatable bonds is 5. The van der Waals surface area contributed by atoms with Gasteiger partial charge in [0.2, 0.25) is 5.91 Å². The number of hydrogen-bond acceptors (Lipinski definition) is 4. The number of hydrogen-bond donors (Lipinski definition) is 4. The van der Waals surface area contributed by atoms with Crippen molar-refractivity contribution >= 4 is 11.9 Å². The highest BCUT2D eigenvalue weighted by Crippen LogP contribution is 2.04. The molecule has 6 N–H and O–H groups in total. The number of hydrazine groups is 1. The Hall–Kier alpha value is -1.14. The van der Waals surface area contributed by atoms with Crippen LogP contribution in [-0.2, 0) is 9.59 Å². The molecule has 12 heavy (non-hydrogen) atoms. The summed E-state index contributed by atoms with van der Waals surface area (Å²) < 4.78 is 0. The third kappa shape index (κ3) is 3.31. The molecule has 0 fully saturated rings. The molecule has 0 aromatic heterocycles. The quantitative estimate of drug-likeness (QED) is 0.297. The Morgan fingerprint density at radius 3 is 2.33 bits per heavy atom. The number of carboxylic acid groups (broad SMARTS) is 1. The summed E-state index contributed by atoms with van der Waals surface area (Å²) in [7, 11) is 0. The number of nitrogens with two attached hydrogens (primary N) is 2. The molecule has 0 rings (SSSR count). The van der Waals surface area contributed by atoms with Crippen LogP contribution in [0, 0.1) is 5.92 Å². The number of primary amides is 1. The number of carbonyl (C=O) groups is 2. The number of nitrogens with one attached hydrogen (secondary N) is 1. The molecule has 0 aliphatic heterocycles. The molecule has 0 aromatic carbocycles. The largest absolute Gasteiger partial charge is 0.480 e. The third-order valence-electron chi connectivity index (χ3n) is 1.57. The Kier molecular flexibility index (Phi) is 4.24. The fraction of sp³-hybridized carbons (Fsp3) is 0.667. The second-order valence-corrected chi connectivity index (χ2v) is 2.60. The molecule has 0 saturated carbocycles. The Morgan fingerprint density at radius 1 is 1.58 bits per heavy atom. The summed E-state index contributed by atoms with van der Waals surface area (Å²) in [6.07, 6.45) is 0.0984. The van der Waals surface area contributed by atoms with Crippen LogP contribution in [0.1, 0.15) is 13.3 Å². The highest BCUT2D eigenvalue weighted by Gasteiger charge is 2.21. The van der Waals surface area contributed by atoms with Crippen LogP contribution >= 0.6 is 0 Å². The minimum absolute atomic E-state index is 0.0984. The van der Waals surface area contributed by atoms with Crippen molar-refractivity contribution in [1.29, 1.82) is 0 Å². The zero-order valence-corrected chi connectivity index (χ0v) is 6.78. The number of carboxylic acids is 1. The van der Waals surface area contributed by atoms with Crippen LogP contribution < -0.4 is 17.0 Å². The molecule has 6 nitrogen and oxygen atoms in total. The van der Waals surface area contributed by atoms with Gasteiger partial charge in [0.1, 0.15) is 6.04 Å². The van der Waals surface area contributed by atoms with Crippen LogP contribution in [0.5, 0.6) is 0 Å². The van der Waals surface area contributed by atoms with Gasteiger partial charge in [-0.15, -0.1) is 0 Å². The first-order chi connectivity index (χ1) is 5.49. The highest BCUT2D eigenvalue weighted by molar-refractivity contribution is 5.78. The van der Waals surface area contributed by atoms with Crippen LogP contribution in [0.2, 0.25) is 0 Å². The molecule has 0 bridgehead atoms. The maximum atomic E-state index is 10.5. The minimum atomic E-state index is -1.09. The maximum Gasteiger partial charge on any atom is 0.322 e. The lowest BCUT2D eigenvalue weighted by Crippen LogP contribution is -2.43. The zero-order valence-electron chi connectivity index (χ0n) is 6.78. The molecule has 1 unspecified atom stereocenters. The zero-order chi connectivity index (χ0) is 9.72. The van der Waals surface area contributed by atoms with Gasteiger partial charge in [0.15, 0.2) is 0 Å². The monoisotopic (exact) mass is 175 g/mol. The summed E-state index contributed by atoms with van der Waals surface area (Å²) in [5, 5.41) is 8.51. The van der Waals surface area contributed by atoms with E-state index in [9.17, 15) is 9.59 Å². The van der Waals surface area contributed by atoms with Crippen LogP contribution in [0.25, 0.3) is 0 Å². The van der Waals surface area contributed by atoms with E-state index in [0.717, 1.165) is 0 Å². The Labute approximate surface area is 69.9 Å². The van der Waals surface area contributed by atoms with Crippen LogP contribution in [0.3, 0.4) is 0 Å². The van der Waals surface area contributed by atoms with Crippen LogP contribution in [0.4, 0.5) is 0 Å². The average molecular weight is 175 g/mol. The number of aliphatic carboxylic acids is 1. The van der Waals surface area contributed by atoms with Crippen molar-refractivity contribution in [2.75, 3.05) is 0 Å². The summed E-state index contributed by atoms with van der Waals surface area (Å²) in [6.45, 7) is 1.55. The van der Waals surface area contributed by atoms with E-state index in [1.165, 1.54) is 0 Å². The summed E-state index contributed by atoms with van der Waals surface area (Å²) >= 11 is 0. The van der Waals surface area contributed by atoms with Crippen molar-refractivity contribution in [1.82, 2.24) is 5.43 Å². The van der Waals surface area contributed by atoms with Gasteiger partial charge in [-0.1, -0.05) is 6.92 Å². The molecule has 6 heteroatoms. The van der Waals surface area contributed by atoms with Crippen molar-refractivity contribution in [2.24, 2.45) is 17.5 Å². The molecule has 0 saturated heterocycles. The van der Waals surface area contributed by atoms with Gasteiger partial charge >= 0.3 is 5.97 Å². The smallest absolute Gasteiger partial charge is 0.322 e. The number of amides is 1. The Morgan fingerprint density at radius 2 is 2.08 bits per heavy atom. The Balaban J connectivity index is 4.02. The highest BCUT2D eigenvalue weighted by atomic mass is 16.4. The van der Waals surface area contributed by atoms with E-state index >= 15 is 0 Å². The lowest BCUT2D eigenvalue weighted by atomic mass is 10.0. The average Bonchev–Trinajstić information content (AvgIpc) is 1.98. The van der Waals surface area contributed by atoms with Gasteiger partial charge in [-0.3, -0.25) is 15.4 Å². The van der Waals surface area contributed by atoms with Gasteiger partial charge in [0.05, 0.1) is 0 Å². The standard InChI is InChI=1S/C6H13N3O3/c1-3(5(7)10)2-4(9-8)6(11)12/h3-4,9H,2,8H2,1H3,(H2,7,10)(H,11,12)/t3-,4?/m0/s1. The van der Waals surface area contributed by atoms with E-state index in [0.29, 0.717) is 0 Å². The van der Waals surface area contributed by atoms with Crippen molar-refractivity contribution in [3.63, 3.8) is 0 Å². The van der Waals surface area contributed by atoms with Gasteiger partial charge in [-0.2, -0.15) is 0 Å². The fourth-order valence-corrected chi connectivity index (χ4v) is 0.710. The molecule has 1 amide bonds. The number of carbonyl (C=O) groups excluding carboxylic acids is 1. The summed E-state index contributed by atoms with van der Waals surface area (Å²) in [4.78, 5) is 20.9. The lowest BCUT2D eigenvalue weighted by molar-refractivity contribution is -0.140. The first-order valence-corrected chi connectivity index (χ1v) is 3.47. The molecule has 0 radical (unpaired) electrons. The minimum Gasteiger partial charge on any atom is -0.480 e. The van der Waals surface area contributed by atoms with Gasteiger partial charge in [-0.25, -0.2) is 5.43 Å². The van der Waals surface area contributed by atoms with Crippen molar-refractivity contribution in [3.8, 4) is 0 Å². The predicted molar refractivity (Wildman–Crippen MR) is 41.7 cm³/mol. The molecule has 0 aliphatic rings. The molecule has 0 heterocycles. The van der Waals surface area contributed by atoms with Crippen molar-refractivity contribution in [2.45, 2.75) is 19.4 Å². The topological polar surface area (TPSA) is 118 Å². The first kappa shape index (κ1) is 10.9. The van der Waals surface area contributed by atoms with Gasteiger partial charge in [0.25, 0.3) is 0 Å². The lowest BCUT2D eigenvalue weighted by Gasteiger charge is -2.13. The third-order valence-corrected chi connectivity index (χ3v) is 1.57. The van der Waals surface area contributed by atoms with E-state index in [-0.39, 0.29) is 6.42 Å². The first-order valence-electron chi connectivity index (χ1n) is 3.47. The van der Waals surface area contributed by atoms with Crippen molar-refractivity contribution < 1.29 is 14.7 Å².